The number of hydrogen-bond donors (Lipinski definition) is 0. The Balaban J connectivity index is 4.38. The quantitative estimate of drug-likeness (QED) is 0.0262. The minimum atomic E-state index is -0.793. The van der Waals surface area contributed by atoms with Crippen LogP contribution in [0.1, 0.15) is 290 Å². The summed E-state index contributed by atoms with van der Waals surface area (Å²) in [5.41, 5.74) is 0. The van der Waals surface area contributed by atoms with Crippen LogP contribution in [0.5, 0.6) is 0 Å². The van der Waals surface area contributed by atoms with Crippen molar-refractivity contribution >= 4 is 17.9 Å². The van der Waals surface area contributed by atoms with Gasteiger partial charge in [0.15, 0.2) is 6.10 Å². The predicted molar refractivity (Wildman–Crippen MR) is 270 cm³/mol. The zero-order valence-electron chi connectivity index (χ0n) is 42.1. The zero-order valence-corrected chi connectivity index (χ0v) is 42.1. The lowest BCUT2D eigenvalue weighted by Crippen LogP contribution is -2.30. The van der Waals surface area contributed by atoms with Crippen LogP contribution in [0.3, 0.4) is 0 Å². The number of allylic oxidation sites excluding steroid dienone is 6. The topological polar surface area (TPSA) is 78.9 Å². The number of unbranched alkanes of at least 4 members (excludes halogenated alkanes) is 33. The lowest BCUT2D eigenvalue weighted by molar-refractivity contribution is -0.167. The van der Waals surface area contributed by atoms with Crippen LogP contribution >= 0.6 is 0 Å². The summed E-state index contributed by atoms with van der Waals surface area (Å²) in [6, 6.07) is 0. The first-order valence-corrected chi connectivity index (χ1v) is 27.5. The van der Waals surface area contributed by atoms with E-state index >= 15 is 0 Å². The Hall–Kier alpha value is -2.37. The standard InChI is InChI=1S/C57H104O6/c1-4-7-10-13-16-19-22-24-26-28-30-32-35-38-41-44-47-50-56(59)62-53-54(52-61-55(58)49-46-43-40-37-34-21-18-15-12-9-6-3)63-57(60)51-48-45-42-39-36-33-31-29-27-25-23-20-17-14-11-8-5-2/h25,27,31,33,39,42,54H,4-24,26,28-30,32,34-38,40-41,43-53H2,1-3H3/b27-25-,33-31-,42-39-/t54-/m0/s1. The molecule has 0 radical (unpaired) electrons. The van der Waals surface area contributed by atoms with Crippen molar-refractivity contribution in [3.8, 4) is 0 Å². The van der Waals surface area contributed by atoms with Gasteiger partial charge in [0.1, 0.15) is 13.2 Å². The molecule has 0 amide bonds. The number of esters is 3. The molecule has 0 aromatic heterocycles. The van der Waals surface area contributed by atoms with Crippen molar-refractivity contribution in [1.82, 2.24) is 0 Å². The lowest BCUT2D eigenvalue weighted by atomic mass is 10.0. The van der Waals surface area contributed by atoms with E-state index in [1.165, 1.54) is 186 Å². The lowest BCUT2D eigenvalue weighted by Gasteiger charge is -2.18. The molecular formula is C57H104O6. The Labute approximate surface area is 391 Å². The van der Waals surface area contributed by atoms with Gasteiger partial charge in [-0.1, -0.05) is 256 Å². The van der Waals surface area contributed by atoms with E-state index in [0.29, 0.717) is 19.3 Å². The largest absolute Gasteiger partial charge is 0.462 e. The van der Waals surface area contributed by atoms with Gasteiger partial charge in [-0.25, -0.2) is 0 Å². The minimum absolute atomic E-state index is 0.0876. The van der Waals surface area contributed by atoms with Crippen molar-refractivity contribution < 1.29 is 28.6 Å². The van der Waals surface area contributed by atoms with Crippen LogP contribution in [0.15, 0.2) is 36.5 Å². The molecule has 0 aliphatic carbocycles. The molecule has 6 heteroatoms. The van der Waals surface area contributed by atoms with E-state index in [-0.39, 0.29) is 37.5 Å². The van der Waals surface area contributed by atoms with E-state index < -0.39 is 6.10 Å². The summed E-state index contributed by atoms with van der Waals surface area (Å²) in [6.45, 7) is 6.62. The maximum atomic E-state index is 12.8. The van der Waals surface area contributed by atoms with Crippen LogP contribution in [-0.2, 0) is 28.6 Å². The minimum Gasteiger partial charge on any atom is -0.462 e. The second-order valence-electron chi connectivity index (χ2n) is 18.5. The van der Waals surface area contributed by atoms with Crippen molar-refractivity contribution in [3.05, 3.63) is 36.5 Å². The SMILES string of the molecule is CCCCCCCC/C=C\C/C=C\C/C=C\CCCC(=O)O[C@@H](COC(=O)CCCCCCCCCCCCC)COC(=O)CCCCCCCCCCCCCCCCCCC. The maximum absolute atomic E-state index is 12.8. The van der Waals surface area contributed by atoms with Gasteiger partial charge in [0.05, 0.1) is 0 Å². The van der Waals surface area contributed by atoms with Crippen LogP contribution in [0.25, 0.3) is 0 Å². The molecule has 0 aliphatic rings. The molecule has 0 heterocycles. The van der Waals surface area contributed by atoms with Crippen LogP contribution in [-0.4, -0.2) is 37.2 Å². The molecule has 0 aromatic rings. The summed E-state index contributed by atoms with van der Waals surface area (Å²) in [6.07, 6.45) is 61.4. The molecule has 0 fully saturated rings. The number of hydrogen-bond acceptors (Lipinski definition) is 6. The number of carbonyl (C=O) groups is 3. The highest BCUT2D eigenvalue weighted by atomic mass is 16.6. The first-order chi connectivity index (χ1) is 31.0. The average molecular weight is 885 g/mol. The summed E-state index contributed by atoms with van der Waals surface area (Å²) in [4.78, 5) is 38.0. The molecule has 0 unspecified atom stereocenters. The third-order valence-electron chi connectivity index (χ3n) is 12.1. The Kier molecular flexibility index (Phi) is 50.3. The molecule has 0 N–H and O–H groups in total. The fraction of sp³-hybridized carbons (Fsp3) is 0.842. The highest BCUT2D eigenvalue weighted by Crippen LogP contribution is 2.16. The van der Waals surface area contributed by atoms with Crippen LogP contribution in [0.2, 0.25) is 0 Å². The second kappa shape index (κ2) is 52.3. The van der Waals surface area contributed by atoms with Gasteiger partial charge < -0.3 is 14.2 Å². The third-order valence-corrected chi connectivity index (χ3v) is 12.1. The number of ether oxygens (including phenoxy) is 3. The Morgan fingerprint density at radius 1 is 0.317 bits per heavy atom. The first kappa shape index (κ1) is 60.6. The van der Waals surface area contributed by atoms with Crippen LogP contribution in [0.4, 0.5) is 0 Å². The van der Waals surface area contributed by atoms with Crippen LogP contribution < -0.4 is 0 Å². The highest BCUT2D eigenvalue weighted by Gasteiger charge is 2.19. The summed E-state index contributed by atoms with van der Waals surface area (Å²) >= 11 is 0. The highest BCUT2D eigenvalue weighted by molar-refractivity contribution is 5.71. The van der Waals surface area contributed by atoms with Gasteiger partial charge in [-0.15, -0.1) is 0 Å². The molecule has 63 heavy (non-hydrogen) atoms. The van der Waals surface area contributed by atoms with Gasteiger partial charge in [0, 0.05) is 19.3 Å². The van der Waals surface area contributed by atoms with E-state index in [4.69, 9.17) is 14.2 Å². The van der Waals surface area contributed by atoms with E-state index in [2.05, 4.69) is 57.2 Å². The zero-order chi connectivity index (χ0) is 45.8. The average Bonchev–Trinajstić information content (AvgIpc) is 3.28. The van der Waals surface area contributed by atoms with E-state index in [1.807, 2.05) is 0 Å². The molecule has 1 atom stereocenters. The van der Waals surface area contributed by atoms with Crippen molar-refractivity contribution in [3.63, 3.8) is 0 Å². The Bertz CT molecular complexity index is 1060. The number of rotatable bonds is 50. The molecule has 0 saturated carbocycles. The smallest absolute Gasteiger partial charge is 0.306 e. The van der Waals surface area contributed by atoms with Gasteiger partial charge >= 0.3 is 17.9 Å². The van der Waals surface area contributed by atoms with Crippen molar-refractivity contribution in [2.75, 3.05) is 13.2 Å². The molecule has 0 aliphatic heterocycles. The molecule has 0 spiro atoms. The molecular weight excluding hydrogens is 781 g/mol. The number of carbonyl (C=O) groups excluding carboxylic acids is 3. The van der Waals surface area contributed by atoms with Gasteiger partial charge in [-0.05, 0) is 51.4 Å². The molecule has 368 valence electrons. The van der Waals surface area contributed by atoms with Gasteiger partial charge in [0.25, 0.3) is 0 Å². The fourth-order valence-corrected chi connectivity index (χ4v) is 7.99. The van der Waals surface area contributed by atoms with Gasteiger partial charge in [-0.3, -0.25) is 14.4 Å². The van der Waals surface area contributed by atoms with Crippen molar-refractivity contribution in [1.29, 1.82) is 0 Å². The van der Waals surface area contributed by atoms with Gasteiger partial charge in [0.2, 0.25) is 0 Å². The fourth-order valence-electron chi connectivity index (χ4n) is 7.99. The van der Waals surface area contributed by atoms with Crippen molar-refractivity contribution in [2.24, 2.45) is 0 Å². The molecule has 0 saturated heterocycles. The molecule has 0 aromatic carbocycles. The summed E-state index contributed by atoms with van der Waals surface area (Å²) in [7, 11) is 0. The molecule has 6 nitrogen and oxygen atoms in total. The van der Waals surface area contributed by atoms with E-state index in [1.54, 1.807) is 0 Å². The second-order valence-corrected chi connectivity index (χ2v) is 18.5. The van der Waals surface area contributed by atoms with E-state index in [0.717, 1.165) is 57.8 Å². The third kappa shape index (κ3) is 50.5. The normalized spacial score (nSPS) is 12.2. The van der Waals surface area contributed by atoms with Gasteiger partial charge in [-0.2, -0.15) is 0 Å². The Morgan fingerprint density at radius 3 is 0.937 bits per heavy atom. The summed E-state index contributed by atoms with van der Waals surface area (Å²) < 4.78 is 16.8. The van der Waals surface area contributed by atoms with Crippen LogP contribution in [0, 0.1) is 0 Å². The van der Waals surface area contributed by atoms with Crippen molar-refractivity contribution in [2.45, 2.75) is 297 Å². The molecule has 0 rings (SSSR count). The maximum Gasteiger partial charge on any atom is 0.306 e. The first-order valence-electron chi connectivity index (χ1n) is 27.5. The monoisotopic (exact) mass is 885 g/mol. The molecule has 0 bridgehead atoms. The predicted octanol–water partition coefficient (Wildman–Crippen LogP) is 18.1. The Morgan fingerprint density at radius 2 is 0.587 bits per heavy atom. The van der Waals surface area contributed by atoms with E-state index in [9.17, 15) is 14.4 Å². The summed E-state index contributed by atoms with van der Waals surface area (Å²) in [5, 5.41) is 0. The summed E-state index contributed by atoms with van der Waals surface area (Å²) in [5.74, 6) is -0.926.